The van der Waals surface area contributed by atoms with Crippen molar-refractivity contribution in [2.45, 2.75) is 0 Å². The number of primary amides is 1. The predicted octanol–water partition coefficient (Wildman–Crippen LogP) is 0.927. The number of carbonyl (C=O) groups is 1. The average Bonchev–Trinajstić information content (AvgIpc) is 2.49. The second kappa shape index (κ2) is 2.34. The second-order valence-electron chi connectivity index (χ2n) is 2.45. The highest BCUT2D eigenvalue weighted by Crippen LogP contribution is 2.13. The highest BCUT2D eigenvalue weighted by Gasteiger charge is 2.02. The van der Waals surface area contributed by atoms with Crippen LogP contribution in [0.1, 0.15) is 10.4 Å². The number of nitrogens with zero attached hydrogens (tertiary/aromatic N) is 1. The van der Waals surface area contributed by atoms with Gasteiger partial charge in [0.25, 0.3) is 0 Å². The van der Waals surface area contributed by atoms with Crippen molar-refractivity contribution >= 4 is 16.8 Å². The Hall–Kier alpha value is -1.84. The number of rotatable bonds is 1. The minimum Gasteiger partial charge on any atom is -0.366 e. The van der Waals surface area contributed by atoms with Crippen molar-refractivity contribution in [1.29, 1.82) is 0 Å². The van der Waals surface area contributed by atoms with Crippen LogP contribution in [0.3, 0.4) is 0 Å². The SMILES string of the molecule is NC(=O)c1ccc2nocc2c1. The van der Waals surface area contributed by atoms with E-state index < -0.39 is 5.91 Å². The molecule has 0 unspecified atom stereocenters. The van der Waals surface area contributed by atoms with Gasteiger partial charge in [0, 0.05) is 10.9 Å². The van der Waals surface area contributed by atoms with Crippen molar-refractivity contribution in [2.24, 2.45) is 5.73 Å². The second-order valence-corrected chi connectivity index (χ2v) is 2.45. The third-order valence-corrected chi connectivity index (χ3v) is 1.64. The Morgan fingerprint density at radius 2 is 2.33 bits per heavy atom. The van der Waals surface area contributed by atoms with Gasteiger partial charge in [-0.25, -0.2) is 0 Å². The molecule has 0 spiro atoms. The number of carbonyl (C=O) groups excluding carboxylic acids is 1. The molecule has 2 aromatic rings. The molecule has 1 amide bonds. The van der Waals surface area contributed by atoms with E-state index in [0.29, 0.717) is 5.56 Å². The molecule has 0 fully saturated rings. The Balaban J connectivity index is 2.68. The lowest BCUT2D eigenvalue weighted by molar-refractivity contribution is 0.100. The Morgan fingerprint density at radius 3 is 3.08 bits per heavy atom. The van der Waals surface area contributed by atoms with Gasteiger partial charge in [-0.15, -0.1) is 0 Å². The molecule has 1 aromatic heterocycles. The fourth-order valence-electron chi connectivity index (χ4n) is 1.03. The number of amides is 1. The number of hydrogen-bond acceptors (Lipinski definition) is 3. The van der Waals surface area contributed by atoms with E-state index >= 15 is 0 Å². The van der Waals surface area contributed by atoms with Gasteiger partial charge in [-0.3, -0.25) is 4.79 Å². The zero-order valence-electron chi connectivity index (χ0n) is 6.15. The maximum atomic E-state index is 10.7. The summed E-state index contributed by atoms with van der Waals surface area (Å²) in [7, 11) is 0. The summed E-state index contributed by atoms with van der Waals surface area (Å²) in [6.45, 7) is 0. The summed E-state index contributed by atoms with van der Waals surface area (Å²) in [5.74, 6) is -0.446. The monoisotopic (exact) mass is 162 g/mol. The van der Waals surface area contributed by atoms with Crippen LogP contribution in [0.2, 0.25) is 0 Å². The first-order valence-corrected chi connectivity index (χ1v) is 3.41. The normalized spacial score (nSPS) is 10.3. The molecule has 0 aliphatic rings. The molecule has 60 valence electrons. The number of benzene rings is 1. The molecule has 2 rings (SSSR count). The lowest BCUT2D eigenvalue weighted by Gasteiger charge is -1.92. The molecule has 2 N–H and O–H groups in total. The molecule has 1 aromatic carbocycles. The van der Waals surface area contributed by atoms with Crippen LogP contribution < -0.4 is 5.73 Å². The maximum absolute atomic E-state index is 10.7. The average molecular weight is 162 g/mol. The molecular weight excluding hydrogens is 156 g/mol. The van der Waals surface area contributed by atoms with Crippen LogP contribution in [0.25, 0.3) is 10.9 Å². The van der Waals surface area contributed by atoms with Gasteiger partial charge in [-0.1, -0.05) is 5.16 Å². The van der Waals surface area contributed by atoms with Crippen molar-refractivity contribution in [3.63, 3.8) is 0 Å². The van der Waals surface area contributed by atoms with Crippen LogP contribution in [0, 0.1) is 0 Å². The summed E-state index contributed by atoms with van der Waals surface area (Å²) in [6.07, 6.45) is 1.47. The molecule has 0 aliphatic heterocycles. The predicted molar refractivity (Wildman–Crippen MR) is 42.5 cm³/mol. The standard InChI is InChI=1S/C8H6N2O2/c9-8(11)5-1-2-7-6(3-5)4-12-10-7/h1-4H,(H2,9,11). The Kier molecular flexibility index (Phi) is 1.33. The van der Waals surface area contributed by atoms with E-state index in [4.69, 9.17) is 10.3 Å². The molecule has 4 nitrogen and oxygen atoms in total. The number of fused-ring (bicyclic) bond motifs is 1. The molecule has 0 atom stereocenters. The highest BCUT2D eigenvalue weighted by atomic mass is 16.5. The third kappa shape index (κ3) is 0.934. The van der Waals surface area contributed by atoms with E-state index in [0.717, 1.165) is 10.9 Å². The summed E-state index contributed by atoms with van der Waals surface area (Å²) in [5, 5.41) is 4.48. The maximum Gasteiger partial charge on any atom is 0.248 e. The first kappa shape index (κ1) is 6.84. The highest BCUT2D eigenvalue weighted by molar-refractivity contribution is 5.96. The molecular formula is C8H6N2O2. The van der Waals surface area contributed by atoms with Crippen molar-refractivity contribution < 1.29 is 9.32 Å². The van der Waals surface area contributed by atoms with E-state index in [1.165, 1.54) is 6.26 Å². The molecule has 0 saturated heterocycles. The van der Waals surface area contributed by atoms with Crippen LogP contribution in [0.5, 0.6) is 0 Å². The van der Waals surface area contributed by atoms with Crippen molar-refractivity contribution in [3.8, 4) is 0 Å². The summed E-state index contributed by atoms with van der Waals surface area (Å²) in [6, 6.07) is 4.96. The first-order chi connectivity index (χ1) is 5.77. The smallest absolute Gasteiger partial charge is 0.248 e. The zero-order valence-corrected chi connectivity index (χ0v) is 6.15. The number of hydrogen-bond donors (Lipinski definition) is 1. The minimum atomic E-state index is -0.446. The fourth-order valence-corrected chi connectivity index (χ4v) is 1.03. The van der Waals surface area contributed by atoms with Crippen LogP contribution in [-0.2, 0) is 0 Å². The van der Waals surface area contributed by atoms with Gasteiger partial charge in [0.05, 0.1) is 0 Å². The van der Waals surface area contributed by atoms with Gasteiger partial charge in [0.15, 0.2) is 0 Å². The Labute approximate surface area is 67.9 Å². The minimum absolute atomic E-state index is 0.446. The van der Waals surface area contributed by atoms with Crippen LogP contribution in [-0.4, -0.2) is 11.1 Å². The number of aromatic nitrogens is 1. The molecule has 0 radical (unpaired) electrons. The van der Waals surface area contributed by atoms with Crippen LogP contribution in [0.4, 0.5) is 0 Å². The van der Waals surface area contributed by atoms with E-state index in [9.17, 15) is 4.79 Å². The molecule has 12 heavy (non-hydrogen) atoms. The third-order valence-electron chi connectivity index (χ3n) is 1.64. The number of nitrogens with two attached hydrogens (primary N) is 1. The Bertz CT molecular complexity index is 433. The zero-order chi connectivity index (χ0) is 8.55. The van der Waals surface area contributed by atoms with E-state index in [1.54, 1.807) is 18.2 Å². The van der Waals surface area contributed by atoms with Crippen molar-refractivity contribution in [3.05, 3.63) is 30.0 Å². The molecule has 0 bridgehead atoms. The fraction of sp³-hybridized carbons (Fsp3) is 0. The van der Waals surface area contributed by atoms with Crippen LogP contribution >= 0.6 is 0 Å². The van der Waals surface area contributed by atoms with Crippen molar-refractivity contribution in [2.75, 3.05) is 0 Å². The van der Waals surface area contributed by atoms with Gasteiger partial charge in [-0.05, 0) is 18.2 Å². The topological polar surface area (TPSA) is 69.1 Å². The van der Waals surface area contributed by atoms with Gasteiger partial charge in [0.1, 0.15) is 11.8 Å². The first-order valence-electron chi connectivity index (χ1n) is 3.41. The summed E-state index contributed by atoms with van der Waals surface area (Å²) < 4.78 is 4.70. The van der Waals surface area contributed by atoms with Gasteiger partial charge in [-0.2, -0.15) is 0 Å². The Morgan fingerprint density at radius 1 is 1.50 bits per heavy atom. The van der Waals surface area contributed by atoms with Crippen LogP contribution in [0.15, 0.2) is 29.0 Å². The largest absolute Gasteiger partial charge is 0.366 e. The molecule has 1 heterocycles. The molecule has 0 aliphatic carbocycles. The van der Waals surface area contributed by atoms with E-state index in [-0.39, 0.29) is 0 Å². The van der Waals surface area contributed by atoms with E-state index in [1.807, 2.05) is 0 Å². The van der Waals surface area contributed by atoms with E-state index in [2.05, 4.69) is 5.16 Å². The van der Waals surface area contributed by atoms with Gasteiger partial charge >= 0.3 is 0 Å². The summed E-state index contributed by atoms with van der Waals surface area (Å²) >= 11 is 0. The quantitative estimate of drug-likeness (QED) is 0.678. The summed E-state index contributed by atoms with van der Waals surface area (Å²) in [4.78, 5) is 10.7. The van der Waals surface area contributed by atoms with Gasteiger partial charge in [0.2, 0.25) is 5.91 Å². The lowest BCUT2D eigenvalue weighted by Crippen LogP contribution is -2.10. The molecule has 4 heteroatoms. The van der Waals surface area contributed by atoms with Crippen molar-refractivity contribution in [1.82, 2.24) is 5.16 Å². The summed E-state index contributed by atoms with van der Waals surface area (Å²) in [5.41, 5.74) is 6.27. The van der Waals surface area contributed by atoms with Gasteiger partial charge < -0.3 is 10.3 Å². The lowest BCUT2D eigenvalue weighted by atomic mass is 10.1. The molecule has 0 saturated carbocycles.